The van der Waals surface area contributed by atoms with Gasteiger partial charge in [0.15, 0.2) is 11.2 Å². The van der Waals surface area contributed by atoms with Crippen LogP contribution < -0.4 is 0 Å². The molecule has 0 bridgehead atoms. The molecule has 0 aliphatic carbocycles. The molecule has 0 saturated heterocycles. The molecular formula is C21H23F6N5OP2. The van der Waals surface area contributed by atoms with E-state index in [9.17, 15) is 26.3 Å². The maximum Gasteiger partial charge on any atom is 0.357 e. The summed E-state index contributed by atoms with van der Waals surface area (Å²) in [6.45, 7) is 7.64. The van der Waals surface area contributed by atoms with Gasteiger partial charge in [-0.15, -0.1) is 10.2 Å². The lowest BCUT2D eigenvalue weighted by Crippen LogP contribution is -2.58. The van der Waals surface area contributed by atoms with Crippen molar-refractivity contribution in [3.63, 3.8) is 0 Å². The Bertz CT molecular complexity index is 1100. The second kappa shape index (κ2) is 10.7. The maximum atomic E-state index is 14.7. The minimum absolute atomic E-state index is 0.0203. The SMILES string of the molecule is C=C(/N=C(\C(=C/C)OCC)c1ccc(C(F)(F)C(F)(F)C(F)(P)C(C)(F)P)nn1)c1ncccn1. The van der Waals surface area contributed by atoms with E-state index < -0.39 is 28.4 Å². The lowest BCUT2D eigenvalue weighted by molar-refractivity contribution is -0.270. The number of ether oxygens (including phenoxy) is 1. The fourth-order valence-electron chi connectivity index (χ4n) is 2.64. The Morgan fingerprint density at radius 3 is 2.14 bits per heavy atom. The Morgan fingerprint density at radius 2 is 1.69 bits per heavy atom. The van der Waals surface area contributed by atoms with Gasteiger partial charge in [0.2, 0.25) is 5.41 Å². The van der Waals surface area contributed by atoms with Crippen molar-refractivity contribution in [1.29, 1.82) is 0 Å². The summed E-state index contributed by atoms with van der Waals surface area (Å²) < 4.78 is 92.4. The molecule has 0 spiro atoms. The van der Waals surface area contributed by atoms with Gasteiger partial charge in [-0.3, -0.25) is 0 Å². The summed E-state index contributed by atoms with van der Waals surface area (Å²) in [4.78, 5) is 12.3. The number of alkyl halides is 6. The number of rotatable bonds is 10. The molecule has 35 heavy (non-hydrogen) atoms. The molecule has 0 aliphatic heterocycles. The van der Waals surface area contributed by atoms with Crippen LogP contribution in [0.25, 0.3) is 5.70 Å². The fraction of sp³-hybridized carbons (Fsp3) is 0.381. The van der Waals surface area contributed by atoms with Crippen molar-refractivity contribution in [3.8, 4) is 0 Å². The molecule has 0 radical (unpaired) electrons. The van der Waals surface area contributed by atoms with Crippen LogP contribution in [0.3, 0.4) is 0 Å². The van der Waals surface area contributed by atoms with Crippen molar-refractivity contribution < 1.29 is 31.1 Å². The number of hydrogen-bond donors (Lipinski definition) is 0. The van der Waals surface area contributed by atoms with Crippen molar-refractivity contribution in [1.82, 2.24) is 20.2 Å². The molecule has 2 aromatic rings. The first kappa shape index (κ1) is 28.8. The van der Waals surface area contributed by atoms with Gasteiger partial charge in [0.25, 0.3) is 0 Å². The first-order valence-corrected chi connectivity index (χ1v) is 11.2. The molecule has 0 N–H and O–H groups in total. The Balaban J connectivity index is 2.55. The summed E-state index contributed by atoms with van der Waals surface area (Å²) >= 11 is 0. The minimum Gasteiger partial charge on any atom is -0.492 e. The minimum atomic E-state index is -5.51. The van der Waals surface area contributed by atoms with Gasteiger partial charge in [-0.05, 0) is 45.0 Å². The monoisotopic (exact) mass is 537 g/mol. The normalized spacial score (nSPS) is 16.9. The van der Waals surface area contributed by atoms with Crippen LogP contribution in [-0.2, 0) is 10.7 Å². The Hall–Kier alpha value is -2.45. The molecule has 190 valence electrons. The van der Waals surface area contributed by atoms with E-state index in [0.29, 0.717) is 13.0 Å². The quantitative estimate of drug-likeness (QED) is 0.173. The topological polar surface area (TPSA) is 73.2 Å². The van der Waals surface area contributed by atoms with Crippen LogP contribution in [0, 0.1) is 0 Å². The molecule has 0 fully saturated rings. The second-order valence-corrected chi connectivity index (χ2v) is 9.19. The lowest BCUT2D eigenvalue weighted by atomic mass is 9.99. The van der Waals surface area contributed by atoms with Gasteiger partial charge in [0.05, 0.1) is 6.61 Å². The molecule has 0 amide bonds. The number of aromatic nitrogens is 4. The van der Waals surface area contributed by atoms with E-state index in [2.05, 4.69) is 31.7 Å². The third kappa shape index (κ3) is 5.70. The van der Waals surface area contributed by atoms with Crippen LogP contribution in [0.4, 0.5) is 26.3 Å². The molecule has 0 aliphatic rings. The summed E-state index contributed by atoms with van der Waals surface area (Å²) in [6.07, 6.45) is 4.41. The van der Waals surface area contributed by atoms with E-state index in [0.717, 1.165) is 24.5 Å². The highest BCUT2D eigenvalue weighted by atomic mass is 31.0. The number of hydrogen-bond acceptors (Lipinski definition) is 6. The van der Waals surface area contributed by atoms with E-state index in [-0.39, 0.29) is 35.3 Å². The summed E-state index contributed by atoms with van der Waals surface area (Å²) in [5.74, 6) is -10.4. The zero-order valence-corrected chi connectivity index (χ0v) is 21.3. The number of halogens is 6. The van der Waals surface area contributed by atoms with Crippen molar-refractivity contribution in [2.75, 3.05) is 6.61 Å². The van der Waals surface area contributed by atoms with Crippen molar-refractivity contribution in [2.45, 2.75) is 43.4 Å². The van der Waals surface area contributed by atoms with Crippen LogP contribution in [0.5, 0.6) is 0 Å². The van der Waals surface area contributed by atoms with Crippen LogP contribution in [0.15, 0.2) is 54.0 Å². The van der Waals surface area contributed by atoms with Gasteiger partial charge in [-0.1, -0.05) is 25.1 Å². The molecule has 6 nitrogen and oxygen atoms in total. The average Bonchev–Trinajstić information content (AvgIpc) is 2.80. The molecule has 2 rings (SSSR count). The Morgan fingerprint density at radius 1 is 1.09 bits per heavy atom. The van der Waals surface area contributed by atoms with Gasteiger partial charge in [0, 0.05) is 12.4 Å². The molecule has 2 aromatic heterocycles. The molecule has 0 aromatic carbocycles. The molecule has 0 saturated carbocycles. The van der Waals surface area contributed by atoms with E-state index in [1.54, 1.807) is 19.9 Å². The van der Waals surface area contributed by atoms with Crippen molar-refractivity contribution in [3.05, 3.63) is 66.2 Å². The van der Waals surface area contributed by atoms with Gasteiger partial charge in [0.1, 0.15) is 28.6 Å². The highest BCUT2D eigenvalue weighted by molar-refractivity contribution is 7.24. The summed E-state index contributed by atoms with van der Waals surface area (Å²) in [5, 5.41) is -0.996. The molecular weight excluding hydrogens is 514 g/mol. The third-order valence-corrected chi connectivity index (χ3v) is 6.34. The molecule has 14 heteroatoms. The van der Waals surface area contributed by atoms with E-state index >= 15 is 0 Å². The number of nitrogens with zero attached hydrogens (tertiary/aromatic N) is 5. The van der Waals surface area contributed by atoms with E-state index in [1.165, 1.54) is 18.5 Å². The molecule has 4 unspecified atom stereocenters. The summed E-state index contributed by atoms with van der Waals surface area (Å²) in [6, 6.07) is 3.01. The maximum absolute atomic E-state index is 14.7. The summed E-state index contributed by atoms with van der Waals surface area (Å²) in [7, 11) is 1.97. The largest absolute Gasteiger partial charge is 0.492 e. The zero-order valence-electron chi connectivity index (χ0n) is 18.9. The van der Waals surface area contributed by atoms with Gasteiger partial charge in [-0.2, -0.15) is 17.6 Å². The van der Waals surface area contributed by atoms with Crippen LogP contribution in [0.1, 0.15) is 38.0 Å². The summed E-state index contributed by atoms with van der Waals surface area (Å²) in [5.41, 5.74) is -1.68. The van der Waals surface area contributed by atoms with E-state index in [4.69, 9.17) is 4.74 Å². The highest BCUT2D eigenvalue weighted by Gasteiger charge is 2.74. The molecule has 2 heterocycles. The van der Waals surface area contributed by atoms with Crippen molar-refractivity contribution >= 4 is 29.9 Å². The van der Waals surface area contributed by atoms with Crippen LogP contribution in [0.2, 0.25) is 0 Å². The standard InChI is InChI=1S/C21H23F6N5OP2/c1-5-14(33-6-2)16(30-12(3)17-28-10-7-11-29-17)13-8-9-15(32-31-13)19(23,24)20(25,26)21(27,35)18(4,22)34/h5,7-11H,3,6,34-35H2,1-2,4H3/b14-5+,30-16-. The predicted molar refractivity (Wildman–Crippen MR) is 127 cm³/mol. The lowest BCUT2D eigenvalue weighted by Gasteiger charge is -2.40. The fourth-order valence-corrected chi connectivity index (χ4v) is 3.00. The smallest absolute Gasteiger partial charge is 0.357 e. The second-order valence-electron chi connectivity index (χ2n) is 7.31. The predicted octanol–water partition coefficient (Wildman–Crippen LogP) is 5.50. The van der Waals surface area contributed by atoms with Gasteiger partial charge < -0.3 is 4.74 Å². The number of allylic oxidation sites excluding steroid dienone is 2. The molecule has 4 atom stereocenters. The van der Waals surface area contributed by atoms with Crippen LogP contribution >= 0.6 is 18.5 Å². The Kier molecular flexibility index (Phi) is 8.77. The first-order valence-electron chi connectivity index (χ1n) is 10.0. The zero-order chi connectivity index (χ0) is 26.7. The first-order chi connectivity index (χ1) is 16.1. The third-order valence-electron chi connectivity index (χ3n) is 4.66. The average molecular weight is 537 g/mol. The van der Waals surface area contributed by atoms with E-state index in [1.807, 2.05) is 0 Å². The van der Waals surface area contributed by atoms with Crippen molar-refractivity contribution in [2.24, 2.45) is 4.99 Å². The van der Waals surface area contributed by atoms with Gasteiger partial charge in [-0.25, -0.2) is 23.7 Å². The highest BCUT2D eigenvalue weighted by Crippen LogP contribution is 2.59. The Labute approximate surface area is 202 Å². The van der Waals surface area contributed by atoms with Gasteiger partial charge >= 0.3 is 11.8 Å². The van der Waals surface area contributed by atoms with Crippen LogP contribution in [-0.4, -0.2) is 49.2 Å². The number of aliphatic imine (C=N–C) groups is 1.